The highest BCUT2D eigenvalue weighted by Crippen LogP contribution is 2.30. The van der Waals surface area contributed by atoms with E-state index in [1.807, 2.05) is 0 Å². The summed E-state index contributed by atoms with van der Waals surface area (Å²) < 4.78 is 0. The molecule has 1 heterocycles. The molecule has 0 saturated heterocycles. The van der Waals surface area contributed by atoms with E-state index in [-0.39, 0.29) is 11.8 Å². The first-order chi connectivity index (χ1) is 9.81. The number of allylic oxidation sites excluding steroid dienone is 2. The molecular weight excluding hydrogens is 254 g/mol. The third kappa shape index (κ3) is 3.23. The van der Waals surface area contributed by atoms with Gasteiger partial charge in [0.05, 0.1) is 0 Å². The van der Waals surface area contributed by atoms with Crippen LogP contribution in [0.3, 0.4) is 0 Å². The van der Waals surface area contributed by atoms with E-state index in [2.05, 4.69) is 38.1 Å². The number of amides is 1. The minimum Gasteiger partial charge on any atom is -0.353 e. The number of tetrazole rings is 1. The highest BCUT2D eigenvalue weighted by molar-refractivity contribution is 5.79. The Hall–Kier alpha value is -1.72. The van der Waals surface area contributed by atoms with Crippen LogP contribution in [0.5, 0.6) is 0 Å². The van der Waals surface area contributed by atoms with E-state index in [4.69, 9.17) is 0 Å². The highest BCUT2D eigenvalue weighted by Gasteiger charge is 2.32. The van der Waals surface area contributed by atoms with Gasteiger partial charge in [0, 0.05) is 18.4 Å². The summed E-state index contributed by atoms with van der Waals surface area (Å²) in [7, 11) is 0. The minimum atomic E-state index is 0.196. The van der Waals surface area contributed by atoms with Crippen LogP contribution >= 0.6 is 0 Å². The fraction of sp³-hybridized carbons (Fsp3) is 0.714. The maximum absolute atomic E-state index is 12.2. The molecule has 1 aromatic heterocycles. The van der Waals surface area contributed by atoms with Crippen molar-refractivity contribution < 1.29 is 4.79 Å². The topological polar surface area (TPSA) is 83.6 Å². The van der Waals surface area contributed by atoms with Crippen LogP contribution in [0.2, 0.25) is 0 Å². The number of hydrogen-bond donors (Lipinski definition) is 2. The SMILES string of the molecule is O=C(NC1CC(Cc2nn[nH]n2)C1)C1CCC=CCC1. The standard InChI is InChI=1S/C14H21N5O/c20-14(11-5-3-1-2-4-6-11)15-12-7-10(8-12)9-13-16-18-19-17-13/h1-2,10-12H,3-9H2,(H,15,20)(H,16,17,18,19). The van der Waals surface area contributed by atoms with Crippen molar-refractivity contribution in [2.75, 3.05) is 0 Å². The van der Waals surface area contributed by atoms with Gasteiger partial charge in [0.1, 0.15) is 0 Å². The first kappa shape index (κ1) is 13.3. The van der Waals surface area contributed by atoms with Crippen molar-refractivity contribution in [2.45, 2.75) is 51.0 Å². The zero-order chi connectivity index (χ0) is 13.8. The van der Waals surface area contributed by atoms with Gasteiger partial charge in [-0.1, -0.05) is 17.4 Å². The summed E-state index contributed by atoms with van der Waals surface area (Å²) in [5.74, 6) is 1.79. The average Bonchev–Trinajstić information content (AvgIpc) is 2.75. The van der Waals surface area contributed by atoms with Gasteiger partial charge >= 0.3 is 0 Å². The Morgan fingerprint density at radius 3 is 2.70 bits per heavy atom. The summed E-state index contributed by atoms with van der Waals surface area (Å²) >= 11 is 0. The molecule has 0 unspecified atom stereocenters. The monoisotopic (exact) mass is 275 g/mol. The Bertz CT molecular complexity index is 454. The molecule has 1 saturated carbocycles. The van der Waals surface area contributed by atoms with E-state index in [0.717, 1.165) is 50.8 Å². The molecule has 1 amide bonds. The predicted octanol–water partition coefficient (Wildman–Crippen LogP) is 1.38. The second-order valence-corrected chi connectivity index (χ2v) is 5.90. The molecule has 1 aromatic rings. The van der Waals surface area contributed by atoms with Crippen molar-refractivity contribution in [3.05, 3.63) is 18.0 Å². The van der Waals surface area contributed by atoms with E-state index < -0.39 is 0 Å². The van der Waals surface area contributed by atoms with Gasteiger partial charge < -0.3 is 5.32 Å². The molecule has 2 N–H and O–H groups in total. The van der Waals surface area contributed by atoms with Crippen LogP contribution in [0.25, 0.3) is 0 Å². The fourth-order valence-corrected chi connectivity index (χ4v) is 3.10. The van der Waals surface area contributed by atoms with Crippen molar-refractivity contribution in [1.29, 1.82) is 0 Å². The first-order valence-electron chi connectivity index (χ1n) is 7.49. The number of nitrogens with one attached hydrogen (secondary N) is 2. The van der Waals surface area contributed by atoms with Crippen LogP contribution in [0.1, 0.15) is 44.3 Å². The zero-order valence-corrected chi connectivity index (χ0v) is 11.6. The molecule has 6 nitrogen and oxygen atoms in total. The zero-order valence-electron chi connectivity index (χ0n) is 11.6. The van der Waals surface area contributed by atoms with Crippen LogP contribution in [0, 0.1) is 11.8 Å². The Kier molecular flexibility index (Phi) is 4.08. The Labute approximate surface area is 118 Å². The molecule has 2 aliphatic rings. The summed E-state index contributed by atoms with van der Waals surface area (Å²) in [4.78, 5) is 12.2. The van der Waals surface area contributed by atoms with Crippen molar-refractivity contribution in [1.82, 2.24) is 25.9 Å². The second-order valence-electron chi connectivity index (χ2n) is 5.90. The molecule has 20 heavy (non-hydrogen) atoms. The Morgan fingerprint density at radius 2 is 2.05 bits per heavy atom. The maximum Gasteiger partial charge on any atom is 0.223 e. The number of carbonyl (C=O) groups is 1. The normalized spacial score (nSPS) is 26.8. The van der Waals surface area contributed by atoms with E-state index in [0.29, 0.717) is 12.0 Å². The lowest BCUT2D eigenvalue weighted by Gasteiger charge is -2.36. The fourth-order valence-electron chi connectivity index (χ4n) is 3.10. The van der Waals surface area contributed by atoms with Gasteiger partial charge in [-0.2, -0.15) is 5.21 Å². The van der Waals surface area contributed by atoms with Gasteiger partial charge in [-0.15, -0.1) is 10.2 Å². The van der Waals surface area contributed by atoms with Crippen LogP contribution in [-0.4, -0.2) is 32.6 Å². The number of aromatic amines is 1. The molecule has 6 heteroatoms. The Morgan fingerprint density at radius 1 is 1.30 bits per heavy atom. The maximum atomic E-state index is 12.2. The molecule has 2 aliphatic carbocycles. The molecule has 1 fully saturated rings. The lowest BCUT2D eigenvalue weighted by molar-refractivity contribution is -0.127. The summed E-state index contributed by atoms with van der Waals surface area (Å²) in [5, 5.41) is 17.2. The molecule has 0 aliphatic heterocycles. The summed E-state index contributed by atoms with van der Waals surface area (Å²) in [6, 6.07) is 0.343. The van der Waals surface area contributed by atoms with Crippen LogP contribution < -0.4 is 5.32 Å². The number of nitrogens with zero attached hydrogens (tertiary/aromatic N) is 3. The van der Waals surface area contributed by atoms with E-state index in [1.165, 1.54) is 0 Å². The van der Waals surface area contributed by atoms with Gasteiger partial charge in [0.2, 0.25) is 5.91 Å². The first-order valence-corrected chi connectivity index (χ1v) is 7.49. The number of H-pyrrole nitrogens is 1. The van der Waals surface area contributed by atoms with Crippen molar-refractivity contribution in [3.63, 3.8) is 0 Å². The number of hydrogen-bond acceptors (Lipinski definition) is 4. The smallest absolute Gasteiger partial charge is 0.223 e. The molecule has 0 aromatic carbocycles. The molecule has 0 spiro atoms. The highest BCUT2D eigenvalue weighted by atomic mass is 16.1. The quantitative estimate of drug-likeness (QED) is 0.813. The summed E-state index contributed by atoms with van der Waals surface area (Å²) in [6.07, 6.45) is 11.3. The lowest BCUT2D eigenvalue weighted by Crippen LogP contribution is -2.47. The predicted molar refractivity (Wildman–Crippen MR) is 73.6 cm³/mol. The summed E-state index contributed by atoms with van der Waals surface area (Å²) in [6.45, 7) is 0. The van der Waals surface area contributed by atoms with Crippen LogP contribution in [-0.2, 0) is 11.2 Å². The molecular formula is C14H21N5O. The largest absolute Gasteiger partial charge is 0.353 e. The number of aromatic nitrogens is 4. The van der Waals surface area contributed by atoms with Crippen molar-refractivity contribution in [3.8, 4) is 0 Å². The lowest BCUT2D eigenvalue weighted by atomic mass is 9.77. The number of rotatable bonds is 4. The Balaban J connectivity index is 1.38. The van der Waals surface area contributed by atoms with Crippen LogP contribution in [0.15, 0.2) is 12.2 Å². The number of carbonyl (C=O) groups excluding carboxylic acids is 1. The molecule has 3 rings (SSSR count). The van der Waals surface area contributed by atoms with Gasteiger partial charge in [-0.3, -0.25) is 4.79 Å². The van der Waals surface area contributed by atoms with Crippen LogP contribution in [0.4, 0.5) is 0 Å². The van der Waals surface area contributed by atoms with Crippen molar-refractivity contribution >= 4 is 5.91 Å². The van der Waals surface area contributed by atoms with E-state index in [9.17, 15) is 4.79 Å². The van der Waals surface area contributed by atoms with E-state index >= 15 is 0 Å². The van der Waals surface area contributed by atoms with Gasteiger partial charge in [-0.05, 0) is 44.4 Å². The third-order valence-electron chi connectivity index (χ3n) is 4.34. The molecule has 0 bridgehead atoms. The van der Waals surface area contributed by atoms with Gasteiger partial charge in [-0.25, -0.2) is 0 Å². The van der Waals surface area contributed by atoms with Gasteiger partial charge in [0.25, 0.3) is 0 Å². The molecule has 0 radical (unpaired) electrons. The molecule has 108 valence electrons. The average molecular weight is 275 g/mol. The second kappa shape index (κ2) is 6.15. The summed E-state index contributed by atoms with van der Waals surface area (Å²) in [5.41, 5.74) is 0. The minimum absolute atomic E-state index is 0.196. The van der Waals surface area contributed by atoms with E-state index in [1.54, 1.807) is 0 Å². The van der Waals surface area contributed by atoms with Crippen molar-refractivity contribution in [2.24, 2.45) is 11.8 Å². The molecule has 0 atom stereocenters. The van der Waals surface area contributed by atoms with Gasteiger partial charge in [0.15, 0.2) is 5.82 Å². The third-order valence-corrected chi connectivity index (χ3v) is 4.34.